The summed E-state index contributed by atoms with van der Waals surface area (Å²) in [7, 11) is 0. The number of halogens is 1. The van der Waals surface area contributed by atoms with Gasteiger partial charge in [-0.15, -0.1) is 0 Å². The van der Waals surface area contributed by atoms with Crippen molar-refractivity contribution < 1.29 is 4.74 Å². The molecule has 3 nitrogen and oxygen atoms in total. The van der Waals surface area contributed by atoms with E-state index in [0.717, 1.165) is 19.4 Å². The highest BCUT2D eigenvalue weighted by molar-refractivity contribution is 7.11. The lowest BCUT2D eigenvalue weighted by atomic mass is 9.82. The van der Waals surface area contributed by atoms with E-state index in [2.05, 4.69) is 4.98 Å². The first kappa shape index (κ1) is 9.24. The normalized spacial score (nSPS) is 26.9. The van der Waals surface area contributed by atoms with Crippen LogP contribution >= 0.6 is 22.9 Å². The molecule has 0 bridgehead atoms. The standard InChI is InChI=1S/C8H11ClN2OS/c9-7-4-13-8(11-7)12-6-1-5(2-6)3-10/h4-6H,1-3,10H2. The summed E-state index contributed by atoms with van der Waals surface area (Å²) in [6.07, 6.45) is 2.40. The van der Waals surface area contributed by atoms with Gasteiger partial charge < -0.3 is 10.5 Å². The Kier molecular flexibility index (Phi) is 2.71. The summed E-state index contributed by atoms with van der Waals surface area (Å²) in [6.45, 7) is 0.762. The summed E-state index contributed by atoms with van der Waals surface area (Å²) in [5.74, 6) is 0.639. The molecule has 0 saturated heterocycles. The van der Waals surface area contributed by atoms with Gasteiger partial charge in [-0.2, -0.15) is 4.98 Å². The summed E-state index contributed by atoms with van der Waals surface area (Å²) in [6, 6.07) is 0. The average molecular weight is 219 g/mol. The molecule has 1 aliphatic carbocycles. The van der Waals surface area contributed by atoms with Gasteiger partial charge in [-0.1, -0.05) is 22.9 Å². The van der Waals surface area contributed by atoms with Crippen LogP contribution in [0.25, 0.3) is 0 Å². The van der Waals surface area contributed by atoms with E-state index in [4.69, 9.17) is 22.1 Å². The van der Waals surface area contributed by atoms with Crippen molar-refractivity contribution in [3.8, 4) is 5.19 Å². The van der Waals surface area contributed by atoms with Crippen molar-refractivity contribution in [2.45, 2.75) is 18.9 Å². The molecule has 0 unspecified atom stereocenters. The van der Waals surface area contributed by atoms with E-state index in [1.807, 2.05) is 0 Å². The Morgan fingerprint density at radius 3 is 3.00 bits per heavy atom. The van der Waals surface area contributed by atoms with Crippen LogP contribution in [-0.4, -0.2) is 17.6 Å². The molecule has 1 aliphatic rings. The molecule has 0 spiro atoms. The van der Waals surface area contributed by atoms with Gasteiger partial charge in [-0.25, -0.2) is 0 Å². The van der Waals surface area contributed by atoms with E-state index in [1.54, 1.807) is 5.38 Å². The van der Waals surface area contributed by atoms with E-state index in [-0.39, 0.29) is 0 Å². The second-order valence-corrected chi connectivity index (χ2v) is 4.46. The van der Waals surface area contributed by atoms with Crippen LogP contribution in [0.1, 0.15) is 12.8 Å². The molecule has 2 rings (SSSR count). The summed E-state index contributed by atoms with van der Waals surface area (Å²) in [5, 5.41) is 2.95. The number of hydrogen-bond acceptors (Lipinski definition) is 4. The Hall–Kier alpha value is -0.320. The van der Waals surface area contributed by atoms with Gasteiger partial charge >= 0.3 is 0 Å². The SMILES string of the molecule is NCC1CC(Oc2nc(Cl)cs2)C1. The molecular weight excluding hydrogens is 208 g/mol. The van der Waals surface area contributed by atoms with Crippen LogP contribution in [0.15, 0.2) is 5.38 Å². The molecule has 1 saturated carbocycles. The summed E-state index contributed by atoms with van der Waals surface area (Å²) in [4.78, 5) is 4.01. The molecule has 0 aromatic carbocycles. The third-order valence-electron chi connectivity index (χ3n) is 2.25. The lowest BCUT2D eigenvalue weighted by Gasteiger charge is -2.33. The van der Waals surface area contributed by atoms with Gasteiger partial charge in [0.15, 0.2) is 0 Å². The van der Waals surface area contributed by atoms with Gasteiger partial charge in [0.2, 0.25) is 0 Å². The maximum Gasteiger partial charge on any atom is 0.274 e. The molecule has 0 aliphatic heterocycles. The van der Waals surface area contributed by atoms with Gasteiger partial charge in [0, 0.05) is 5.38 Å². The molecule has 2 N–H and O–H groups in total. The van der Waals surface area contributed by atoms with Crippen molar-refractivity contribution >= 4 is 22.9 Å². The van der Waals surface area contributed by atoms with Crippen molar-refractivity contribution in [1.29, 1.82) is 0 Å². The van der Waals surface area contributed by atoms with Crippen molar-refractivity contribution in [2.24, 2.45) is 11.7 Å². The number of aromatic nitrogens is 1. The fraction of sp³-hybridized carbons (Fsp3) is 0.625. The van der Waals surface area contributed by atoms with E-state index in [9.17, 15) is 0 Å². The Labute approximate surface area is 85.9 Å². The van der Waals surface area contributed by atoms with Crippen LogP contribution in [0.5, 0.6) is 5.19 Å². The van der Waals surface area contributed by atoms with E-state index < -0.39 is 0 Å². The first-order valence-corrected chi connectivity index (χ1v) is 5.51. The molecule has 0 atom stereocenters. The van der Waals surface area contributed by atoms with Gasteiger partial charge in [0.05, 0.1) is 0 Å². The second-order valence-electron chi connectivity index (χ2n) is 3.25. The number of ether oxygens (including phenoxy) is 1. The van der Waals surface area contributed by atoms with Crippen molar-refractivity contribution in [2.75, 3.05) is 6.54 Å². The third-order valence-corrected chi connectivity index (χ3v) is 3.30. The molecule has 0 radical (unpaired) electrons. The fourth-order valence-electron chi connectivity index (χ4n) is 1.40. The minimum atomic E-state index is 0.302. The highest BCUT2D eigenvalue weighted by Crippen LogP contribution is 2.32. The molecule has 1 aromatic rings. The predicted octanol–water partition coefficient (Wildman–Crippen LogP) is 1.91. The zero-order valence-corrected chi connectivity index (χ0v) is 8.64. The summed E-state index contributed by atoms with van der Waals surface area (Å²) in [5.41, 5.74) is 5.50. The van der Waals surface area contributed by atoms with Crippen molar-refractivity contribution in [3.63, 3.8) is 0 Å². The zero-order valence-electron chi connectivity index (χ0n) is 7.07. The smallest absolute Gasteiger partial charge is 0.274 e. The van der Waals surface area contributed by atoms with Gasteiger partial charge in [-0.3, -0.25) is 0 Å². The molecule has 1 heterocycles. The zero-order chi connectivity index (χ0) is 9.26. The van der Waals surface area contributed by atoms with E-state index in [0.29, 0.717) is 22.4 Å². The largest absolute Gasteiger partial charge is 0.467 e. The molecule has 13 heavy (non-hydrogen) atoms. The van der Waals surface area contributed by atoms with Gasteiger partial charge in [0.1, 0.15) is 11.3 Å². The molecule has 1 fully saturated rings. The number of rotatable bonds is 3. The first-order chi connectivity index (χ1) is 6.28. The quantitative estimate of drug-likeness (QED) is 0.843. The van der Waals surface area contributed by atoms with Crippen LogP contribution in [0.2, 0.25) is 5.15 Å². The van der Waals surface area contributed by atoms with E-state index >= 15 is 0 Å². The maximum atomic E-state index is 5.66. The lowest BCUT2D eigenvalue weighted by Crippen LogP contribution is -2.37. The van der Waals surface area contributed by atoms with E-state index in [1.165, 1.54) is 11.3 Å². The third kappa shape index (κ3) is 2.13. The monoisotopic (exact) mass is 218 g/mol. The molecular formula is C8H11ClN2OS. The molecule has 72 valence electrons. The Morgan fingerprint density at radius 2 is 2.46 bits per heavy atom. The Morgan fingerprint density at radius 1 is 1.69 bits per heavy atom. The van der Waals surface area contributed by atoms with Crippen LogP contribution in [-0.2, 0) is 0 Å². The summed E-state index contributed by atoms with van der Waals surface area (Å²) < 4.78 is 5.57. The van der Waals surface area contributed by atoms with Crippen LogP contribution < -0.4 is 10.5 Å². The van der Waals surface area contributed by atoms with Crippen LogP contribution in [0, 0.1) is 5.92 Å². The highest BCUT2D eigenvalue weighted by atomic mass is 35.5. The number of nitrogens with two attached hydrogens (primary N) is 1. The minimum Gasteiger partial charge on any atom is -0.467 e. The fourth-order valence-corrected chi connectivity index (χ4v) is 2.25. The van der Waals surface area contributed by atoms with Crippen LogP contribution in [0.4, 0.5) is 0 Å². The summed E-state index contributed by atoms with van der Waals surface area (Å²) >= 11 is 7.10. The number of hydrogen-bond donors (Lipinski definition) is 1. The molecule has 1 aromatic heterocycles. The Bertz CT molecular complexity index is 285. The highest BCUT2D eigenvalue weighted by Gasteiger charge is 2.30. The maximum absolute atomic E-state index is 5.66. The molecule has 0 amide bonds. The Balaban J connectivity index is 1.81. The van der Waals surface area contributed by atoms with Crippen molar-refractivity contribution in [3.05, 3.63) is 10.5 Å². The second kappa shape index (κ2) is 3.82. The predicted molar refractivity (Wildman–Crippen MR) is 53.3 cm³/mol. The number of nitrogens with zero attached hydrogens (tertiary/aromatic N) is 1. The lowest BCUT2D eigenvalue weighted by molar-refractivity contribution is 0.0688. The topological polar surface area (TPSA) is 48.1 Å². The van der Waals surface area contributed by atoms with Crippen molar-refractivity contribution in [1.82, 2.24) is 4.98 Å². The average Bonchev–Trinajstić information content (AvgIpc) is 2.43. The van der Waals surface area contributed by atoms with Gasteiger partial charge in [0.25, 0.3) is 5.19 Å². The van der Waals surface area contributed by atoms with Crippen LogP contribution in [0.3, 0.4) is 0 Å². The first-order valence-electron chi connectivity index (χ1n) is 4.25. The minimum absolute atomic E-state index is 0.302. The van der Waals surface area contributed by atoms with Gasteiger partial charge in [-0.05, 0) is 25.3 Å². The number of thiazole rings is 1. The molecule has 5 heteroatoms.